The van der Waals surface area contributed by atoms with Gasteiger partial charge in [0.15, 0.2) is 0 Å². The van der Waals surface area contributed by atoms with Crippen LogP contribution in [0.2, 0.25) is 0 Å². The van der Waals surface area contributed by atoms with E-state index < -0.39 is 6.16 Å². The van der Waals surface area contributed by atoms with Crippen molar-refractivity contribution in [1.29, 1.82) is 0 Å². The molecule has 0 heterocycles. The molecule has 0 aromatic rings. The molecule has 0 aliphatic rings. The normalized spacial score (nSPS) is 3.00. The zero-order chi connectivity index (χ0) is 3.58. The van der Waals surface area contributed by atoms with E-state index in [9.17, 15) is 0 Å². The van der Waals surface area contributed by atoms with Gasteiger partial charge in [0.05, 0.1) is 0 Å². The summed E-state index contributed by atoms with van der Waals surface area (Å²) in [7, 11) is 0. The van der Waals surface area contributed by atoms with Gasteiger partial charge in [0, 0.05) is 0 Å². The van der Waals surface area contributed by atoms with Gasteiger partial charge in [-0.2, -0.15) is 0 Å². The van der Waals surface area contributed by atoms with E-state index in [4.69, 9.17) is 15.0 Å². The summed E-state index contributed by atoms with van der Waals surface area (Å²) >= 11 is 0. The molecule has 0 unspecified atom stereocenters. The van der Waals surface area contributed by atoms with Gasteiger partial charge in [0.25, 0.3) is 0 Å². The van der Waals surface area contributed by atoms with Gasteiger partial charge < -0.3 is 22.8 Å². The molecule has 7 heteroatoms. The van der Waals surface area contributed by atoms with Crippen LogP contribution in [-0.2, 0) is 0 Å². The molecule has 0 aliphatic heterocycles. The summed E-state index contributed by atoms with van der Waals surface area (Å²) in [6.45, 7) is 0. The molecule has 0 amide bonds. The minimum absolute atomic E-state index is 0. The predicted molar refractivity (Wildman–Crippen MR) is 31.3 cm³/mol. The molecule has 8 heavy (non-hydrogen) atoms. The largest absolute Gasteiger partial charge is 2.00 e. The van der Waals surface area contributed by atoms with Crippen molar-refractivity contribution in [2.24, 2.45) is 0 Å². The minimum atomic E-state index is -1.83. The van der Waals surface area contributed by atoms with Gasteiger partial charge in [-0.25, -0.2) is 4.79 Å². The van der Waals surface area contributed by atoms with E-state index in [-0.39, 0.29) is 88.3 Å². The molecule has 0 saturated heterocycles. The second-order valence-corrected chi connectivity index (χ2v) is 0.283. The maximum absolute atomic E-state index is 8.56. The second-order valence-electron chi connectivity index (χ2n) is 0.283. The van der Waals surface area contributed by atoms with Crippen LogP contribution in [0.15, 0.2) is 0 Å². The third-order valence-corrected chi connectivity index (χ3v) is 0. The second kappa shape index (κ2) is 23.3. The number of hydrogen-bond acceptors (Lipinski definition) is 1. The van der Waals surface area contributed by atoms with E-state index in [1.165, 1.54) is 0 Å². The molecule has 0 aromatic heterocycles. The van der Waals surface area contributed by atoms with Crippen molar-refractivity contribution in [2.45, 2.75) is 0 Å². The number of carboxylic acid groups (broad SMARTS) is 2. The number of rotatable bonds is 0. The van der Waals surface area contributed by atoms with E-state index in [1.54, 1.807) is 0 Å². The molecule has 0 rings (SSSR count). The Kier molecular flexibility index (Phi) is 96.2. The van der Waals surface area contributed by atoms with E-state index in [1.807, 2.05) is 0 Å². The average Bonchev–Trinajstić information content (AvgIpc) is 0.811. The van der Waals surface area contributed by atoms with E-state index >= 15 is 0 Å². The standard InChI is InChI=1S/CH2O3.2Mg.Na.H2O.5H/c2-1(3)4;;;;;;;;;/h(H2,2,3,4);;;;1H2;;;;;/q;2*+2;+1;;5*-1. The molecular formula is CH9Mg2NaO4. The van der Waals surface area contributed by atoms with Crippen LogP contribution in [0, 0.1) is 0 Å². The summed E-state index contributed by atoms with van der Waals surface area (Å²) in [6, 6.07) is 0. The molecule has 0 spiro atoms. The van der Waals surface area contributed by atoms with Gasteiger partial charge >= 0.3 is 81.8 Å². The van der Waals surface area contributed by atoms with Crippen LogP contribution in [0.25, 0.3) is 0 Å². The Hall–Kier alpha value is 1.76. The Balaban J connectivity index is -0.00000000125. The molecule has 0 aromatic carbocycles. The van der Waals surface area contributed by atoms with Gasteiger partial charge in [-0.3, -0.25) is 0 Å². The molecule has 0 atom stereocenters. The zero-order valence-electron chi connectivity index (χ0n) is 9.72. The van der Waals surface area contributed by atoms with E-state index in [0.29, 0.717) is 0 Å². The SMILES string of the molecule is O.O=C(O)O.[H-].[H-].[H-].[H-].[H-].[Mg+2].[Mg+2].[Na+]. The van der Waals surface area contributed by atoms with Gasteiger partial charge in [-0.1, -0.05) is 0 Å². The molecule has 0 bridgehead atoms. The van der Waals surface area contributed by atoms with Gasteiger partial charge in [-0.05, 0) is 0 Å². The average molecular weight is 157 g/mol. The van der Waals surface area contributed by atoms with Gasteiger partial charge in [0.1, 0.15) is 0 Å². The van der Waals surface area contributed by atoms with Gasteiger partial charge in [-0.15, -0.1) is 0 Å². The third-order valence-electron chi connectivity index (χ3n) is 0. The molecular weight excluding hydrogens is 148 g/mol. The smallest absolute Gasteiger partial charge is 1.00 e. The molecule has 0 radical (unpaired) electrons. The molecule has 4 nitrogen and oxygen atoms in total. The fourth-order valence-electron chi connectivity index (χ4n) is 0. The maximum atomic E-state index is 8.56. The van der Waals surface area contributed by atoms with Crippen LogP contribution in [0.3, 0.4) is 0 Å². The Morgan fingerprint density at radius 2 is 1.25 bits per heavy atom. The van der Waals surface area contributed by atoms with Crippen molar-refractivity contribution in [3.63, 3.8) is 0 Å². The van der Waals surface area contributed by atoms with Crippen molar-refractivity contribution in [2.75, 3.05) is 0 Å². The quantitative estimate of drug-likeness (QED) is 0.353. The Bertz CT molecular complexity index is 49.5. The molecule has 0 aliphatic carbocycles. The maximum Gasteiger partial charge on any atom is 2.00 e. The molecule has 4 N–H and O–H groups in total. The first-order chi connectivity index (χ1) is 1.73. The summed E-state index contributed by atoms with van der Waals surface area (Å²) in [4.78, 5) is 8.56. The summed E-state index contributed by atoms with van der Waals surface area (Å²) < 4.78 is 0. The van der Waals surface area contributed by atoms with Gasteiger partial charge in [0.2, 0.25) is 0 Å². The van der Waals surface area contributed by atoms with E-state index in [2.05, 4.69) is 0 Å². The summed E-state index contributed by atoms with van der Waals surface area (Å²) in [6.07, 6.45) is -1.83. The fourth-order valence-corrected chi connectivity index (χ4v) is 0. The Labute approximate surface area is 108 Å². The summed E-state index contributed by atoms with van der Waals surface area (Å²) in [5.41, 5.74) is 0. The third kappa shape index (κ3) is 114. The zero-order valence-corrected chi connectivity index (χ0v) is 9.55. The van der Waals surface area contributed by atoms with Crippen molar-refractivity contribution < 1.29 is 57.2 Å². The monoisotopic (exact) mass is 156 g/mol. The van der Waals surface area contributed by atoms with Crippen LogP contribution < -0.4 is 29.6 Å². The first-order valence-corrected chi connectivity index (χ1v) is 0.651. The van der Waals surface area contributed by atoms with E-state index in [0.717, 1.165) is 0 Å². The Morgan fingerprint density at radius 3 is 1.25 bits per heavy atom. The van der Waals surface area contributed by atoms with Crippen molar-refractivity contribution in [3.05, 3.63) is 0 Å². The molecule has 42 valence electrons. The number of hydrogen-bond donors (Lipinski definition) is 2. The number of carbonyl (C=O) groups is 1. The molecule has 0 fully saturated rings. The van der Waals surface area contributed by atoms with Crippen LogP contribution in [0.5, 0.6) is 0 Å². The van der Waals surface area contributed by atoms with Crippen LogP contribution in [0.4, 0.5) is 4.79 Å². The van der Waals surface area contributed by atoms with Crippen molar-refractivity contribution in [1.82, 2.24) is 0 Å². The first kappa shape index (κ1) is 33.0. The van der Waals surface area contributed by atoms with Crippen molar-refractivity contribution >= 4 is 52.3 Å². The Morgan fingerprint density at radius 1 is 1.25 bits per heavy atom. The van der Waals surface area contributed by atoms with Crippen LogP contribution in [0.1, 0.15) is 7.13 Å². The first-order valence-electron chi connectivity index (χ1n) is 0.651. The minimum Gasteiger partial charge on any atom is -1.00 e. The van der Waals surface area contributed by atoms with Crippen LogP contribution in [-0.4, -0.2) is 68.0 Å². The summed E-state index contributed by atoms with van der Waals surface area (Å²) in [5.74, 6) is 0. The molecule has 0 saturated carbocycles. The van der Waals surface area contributed by atoms with Crippen LogP contribution >= 0.6 is 0 Å². The fraction of sp³-hybridized carbons (Fsp3) is 0. The summed E-state index contributed by atoms with van der Waals surface area (Å²) in [5, 5.41) is 13.9. The predicted octanol–water partition coefficient (Wildman–Crippen LogP) is -3.80. The van der Waals surface area contributed by atoms with Crippen molar-refractivity contribution in [3.8, 4) is 0 Å². The topological polar surface area (TPSA) is 89.0 Å².